The van der Waals surface area contributed by atoms with Gasteiger partial charge in [-0.05, 0) is 18.8 Å². The van der Waals surface area contributed by atoms with Gasteiger partial charge in [0.1, 0.15) is 17.5 Å². The number of aromatic nitrogens is 2. The van der Waals surface area contributed by atoms with Crippen molar-refractivity contribution in [3.63, 3.8) is 0 Å². The molecule has 0 aliphatic heterocycles. The van der Waals surface area contributed by atoms with E-state index < -0.39 is 0 Å². The molecule has 1 aromatic rings. The van der Waals surface area contributed by atoms with Crippen molar-refractivity contribution in [2.45, 2.75) is 52.9 Å². The summed E-state index contributed by atoms with van der Waals surface area (Å²) in [4.78, 5) is 9.12. The molecule has 19 heavy (non-hydrogen) atoms. The molecule has 0 aliphatic rings. The summed E-state index contributed by atoms with van der Waals surface area (Å²) in [5, 5.41) is 6.49. The number of hydrogen-bond donors (Lipinski definition) is 2. The lowest BCUT2D eigenvalue weighted by Crippen LogP contribution is -2.18. The second-order valence-corrected chi connectivity index (χ2v) is 6.42. The van der Waals surface area contributed by atoms with Crippen molar-refractivity contribution >= 4 is 11.6 Å². The van der Waals surface area contributed by atoms with Crippen molar-refractivity contribution < 1.29 is 0 Å². The number of anilines is 2. The van der Waals surface area contributed by atoms with Crippen LogP contribution in [0.3, 0.4) is 0 Å². The third-order valence-electron chi connectivity index (χ3n) is 2.92. The molecule has 4 nitrogen and oxygen atoms in total. The molecular weight excluding hydrogens is 236 g/mol. The molecule has 1 rings (SSSR count). The summed E-state index contributed by atoms with van der Waals surface area (Å²) in [6.45, 7) is 11.9. The molecule has 4 heteroatoms. The molecule has 108 valence electrons. The van der Waals surface area contributed by atoms with Crippen LogP contribution in [0.5, 0.6) is 0 Å². The fraction of sp³-hybridized carbons (Fsp3) is 0.733. The third-order valence-corrected chi connectivity index (χ3v) is 2.92. The van der Waals surface area contributed by atoms with Crippen LogP contribution in [-0.4, -0.2) is 23.6 Å². The minimum Gasteiger partial charge on any atom is -0.373 e. The highest BCUT2D eigenvalue weighted by Crippen LogP contribution is 2.22. The van der Waals surface area contributed by atoms with Gasteiger partial charge in [-0.25, -0.2) is 9.97 Å². The maximum Gasteiger partial charge on any atom is 0.138 e. The molecule has 0 aromatic carbocycles. The quantitative estimate of drug-likeness (QED) is 0.770. The first kappa shape index (κ1) is 15.7. The fourth-order valence-electron chi connectivity index (χ4n) is 1.73. The van der Waals surface area contributed by atoms with Crippen molar-refractivity contribution in [3.8, 4) is 0 Å². The molecule has 0 radical (unpaired) electrons. The van der Waals surface area contributed by atoms with Gasteiger partial charge in [0.05, 0.1) is 0 Å². The standard InChI is InChI=1S/C15H28N4/c1-11(2)8-7-9-17-13-10-12(16-6)18-14(19-13)15(3,4)5/h10-11H,7-9H2,1-6H3,(H2,16,17,18,19). The Hall–Kier alpha value is -1.32. The van der Waals surface area contributed by atoms with Crippen molar-refractivity contribution in [1.29, 1.82) is 0 Å². The largest absolute Gasteiger partial charge is 0.373 e. The van der Waals surface area contributed by atoms with Crippen molar-refractivity contribution in [2.24, 2.45) is 5.92 Å². The lowest BCUT2D eigenvalue weighted by molar-refractivity contribution is 0.545. The first-order valence-electron chi connectivity index (χ1n) is 7.14. The number of nitrogens with zero attached hydrogens (tertiary/aromatic N) is 2. The molecule has 0 spiro atoms. The highest BCUT2D eigenvalue weighted by atomic mass is 15.1. The van der Waals surface area contributed by atoms with E-state index in [9.17, 15) is 0 Å². The van der Waals surface area contributed by atoms with Gasteiger partial charge in [0.25, 0.3) is 0 Å². The van der Waals surface area contributed by atoms with Crippen LogP contribution in [0.2, 0.25) is 0 Å². The van der Waals surface area contributed by atoms with Crippen LogP contribution in [0.25, 0.3) is 0 Å². The zero-order valence-corrected chi connectivity index (χ0v) is 13.2. The van der Waals surface area contributed by atoms with E-state index in [4.69, 9.17) is 0 Å². The maximum atomic E-state index is 4.61. The third kappa shape index (κ3) is 5.45. The number of rotatable bonds is 6. The average Bonchev–Trinajstić information content (AvgIpc) is 2.33. The molecular formula is C15H28N4. The molecule has 0 unspecified atom stereocenters. The predicted octanol–water partition coefficient (Wildman–Crippen LogP) is 3.66. The first-order valence-corrected chi connectivity index (χ1v) is 7.14. The predicted molar refractivity (Wildman–Crippen MR) is 82.8 cm³/mol. The highest BCUT2D eigenvalue weighted by Gasteiger charge is 2.18. The molecule has 1 heterocycles. The molecule has 0 aliphatic carbocycles. The van der Waals surface area contributed by atoms with Crippen LogP contribution >= 0.6 is 0 Å². The zero-order chi connectivity index (χ0) is 14.5. The average molecular weight is 264 g/mol. The van der Waals surface area contributed by atoms with Gasteiger partial charge in [0.15, 0.2) is 0 Å². The van der Waals surface area contributed by atoms with Crippen LogP contribution in [0, 0.1) is 5.92 Å². The van der Waals surface area contributed by atoms with E-state index in [2.05, 4.69) is 55.2 Å². The van der Waals surface area contributed by atoms with E-state index in [1.54, 1.807) is 0 Å². The Balaban J connectivity index is 2.72. The highest BCUT2D eigenvalue weighted by molar-refractivity contribution is 5.47. The number of hydrogen-bond acceptors (Lipinski definition) is 4. The van der Waals surface area contributed by atoms with Crippen LogP contribution in [0.15, 0.2) is 6.07 Å². The maximum absolute atomic E-state index is 4.61. The topological polar surface area (TPSA) is 49.8 Å². The van der Waals surface area contributed by atoms with Crippen LogP contribution in [-0.2, 0) is 5.41 Å². The molecule has 1 aromatic heterocycles. The van der Waals surface area contributed by atoms with E-state index in [1.165, 1.54) is 12.8 Å². The molecule has 2 N–H and O–H groups in total. The van der Waals surface area contributed by atoms with Gasteiger partial charge >= 0.3 is 0 Å². The summed E-state index contributed by atoms with van der Waals surface area (Å²) in [7, 11) is 1.89. The summed E-state index contributed by atoms with van der Waals surface area (Å²) in [5.41, 5.74) is -0.0405. The van der Waals surface area contributed by atoms with Crippen LogP contribution in [0.1, 0.15) is 53.3 Å². The Kier molecular flexibility index (Phi) is 5.58. The first-order chi connectivity index (χ1) is 8.82. The molecule has 0 amide bonds. The van der Waals surface area contributed by atoms with E-state index in [0.717, 1.165) is 29.9 Å². The van der Waals surface area contributed by atoms with E-state index in [0.29, 0.717) is 0 Å². The minimum absolute atomic E-state index is 0.0405. The molecule has 0 fully saturated rings. The Morgan fingerprint density at radius 3 is 2.32 bits per heavy atom. The zero-order valence-electron chi connectivity index (χ0n) is 13.2. The van der Waals surface area contributed by atoms with Gasteiger partial charge in [-0.3, -0.25) is 0 Å². The molecule has 0 saturated heterocycles. The fourth-order valence-corrected chi connectivity index (χ4v) is 1.73. The van der Waals surface area contributed by atoms with E-state index in [-0.39, 0.29) is 5.41 Å². The van der Waals surface area contributed by atoms with Gasteiger partial charge in [-0.2, -0.15) is 0 Å². The summed E-state index contributed by atoms with van der Waals surface area (Å²) >= 11 is 0. The van der Waals surface area contributed by atoms with Gasteiger partial charge in [-0.15, -0.1) is 0 Å². The van der Waals surface area contributed by atoms with Gasteiger partial charge in [0.2, 0.25) is 0 Å². The summed E-state index contributed by atoms with van der Waals surface area (Å²) < 4.78 is 0. The van der Waals surface area contributed by atoms with Gasteiger partial charge in [0, 0.05) is 25.1 Å². The Labute approximate surface area is 117 Å². The minimum atomic E-state index is -0.0405. The van der Waals surface area contributed by atoms with Crippen molar-refractivity contribution in [3.05, 3.63) is 11.9 Å². The summed E-state index contributed by atoms with van der Waals surface area (Å²) in [6.07, 6.45) is 2.41. The Morgan fingerprint density at radius 1 is 1.16 bits per heavy atom. The SMILES string of the molecule is CNc1cc(NCCCC(C)C)nc(C(C)(C)C)n1. The summed E-state index contributed by atoms with van der Waals surface area (Å²) in [5.74, 6) is 3.40. The number of nitrogens with one attached hydrogen (secondary N) is 2. The normalized spacial score (nSPS) is 11.7. The van der Waals surface area contributed by atoms with Crippen LogP contribution < -0.4 is 10.6 Å². The molecule has 0 bridgehead atoms. The Bertz CT molecular complexity index is 394. The lowest BCUT2D eigenvalue weighted by atomic mass is 9.96. The van der Waals surface area contributed by atoms with E-state index in [1.807, 2.05) is 13.1 Å². The molecule has 0 saturated carbocycles. The monoisotopic (exact) mass is 264 g/mol. The van der Waals surface area contributed by atoms with E-state index >= 15 is 0 Å². The van der Waals surface area contributed by atoms with Crippen molar-refractivity contribution in [2.75, 3.05) is 24.2 Å². The summed E-state index contributed by atoms with van der Waals surface area (Å²) in [6, 6.07) is 1.96. The smallest absolute Gasteiger partial charge is 0.138 e. The Morgan fingerprint density at radius 2 is 1.79 bits per heavy atom. The second kappa shape index (κ2) is 6.73. The van der Waals surface area contributed by atoms with Gasteiger partial charge in [-0.1, -0.05) is 34.6 Å². The second-order valence-electron chi connectivity index (χ2n) is 6.42. The lowest BCUT2D eigenvalue weighted by Gasteiger charge is -2.19. The van der Waals surface area contributed by atoms with Crippen LogP contribution in [0.4, 0.5) is 11.6 Å². The molecule has 0 atom stereocenters. The van der Waals surface area contributed by atoms with Gasteiger partial charge < -0.3 is 10.6 Å². The van der Waals surface area contributed by atoms with Crippen molar-refractivity contribution in [1.82, 2.24) is 9.97 Å².